The highest BCUT2D eigenvalue weighted by atomic mass is 35.5. The number of benzene rings is 3. The highest BCUT2D eigenvalue weighted by Crippen LogP contribution is 2.42. The van der Waals surface area contributed by atoms with E-state index < -0.39 is 11.9 Å². The number of carbonyl (C=O) groups is 2. The van der Waals surface area contributed by atoms with Crippen LogP contribution in [0, 0.1) is 17.7 Å². The number of hydrogen-bond donors (Lipinski definition) is 2. The Morgan fingerprint density at radius 3 is 2.38 bits per heavy atom. The second-order valence-corrected chi connectivity index (χ2v) is 11.2. The number of aliphatic carboxylic acids is 1. The third-order valence-corrected chi connectivity index (χ3v) is 8.52. The number of pyridine rings is 1. The van der Waals surface area contributed by atoms with E-state index >= 15 is 0 Å². The van der Waals surface area contributed by atoms with Crippen LogP contribution in [0.4, 0.5) is 10.1 Å². The second kappa shape index (κ2) is 12.2. The van der Waals surface area contributed by atoms with Crippen molar-refractivity contribution in [3.05, 3.63) is 107 Å². The van der Waals surface area contributed by atoms with Crippen molar-refractivity contribution in [2.24, 2.45) is 11.8 Å². The number of nitrogens with one attached hydrogen (secondary N) is 1. The SMILES string of the molecule is CC(C(=O)O)c1ccc(C[C@@H](C(=O)Nc2ccc(Cl)cc2)[C@H]2CC[C@@H](c3ccnc4ccc(F)cc43)CC2)cc1. The van der Waals surface area contributed by atoms with Crippen molar-refractivity contribution < 1.29 is 19.1 Å². The van der Waals surface area contributed by atoms with Gasteiger partial charge in [0.2, 0.25) is 5.91 Å². The number of anilines is 1. The van der Waals surface area contributed by atoms with Gasteiger partial charge in [0.1, 0.15) is 5.82 Å². The van der Waals surface area contributed by atoms with Gasteiger partial charge < -0.3 is 10.4 Å². The van der Waals surface area contributed by atoms with Crippen LogP contribution in [-0.2, 0) is 16.0 Å². The molecule has 1 saturated carbocycles. The smallest absolute Gasteiger partial charge is 0.310 e. The molecule has 0 radical (unpaired) electrons. The number of carbonyl (C=O) groups excluding carboxylic acids is 1. The zero-order valence-corrected chi connectivity index (χ0v) is 23.1. The Balaban J connectivity index is 1.35. The Bertz CT molecular complexity index is 1500. The number of carboxylic acid groups (broad SMARTS) is 1. The predicted octanol–water partition coefficient (Wildman–Crippen LogP) is 7.99. The Hall–Kier alpha value is -3.77. The molecular formula is C33H32ClFN2O3. The topological polar surface area (TPSA) is 79.3 Å². The molecule has 1 heterocycles. The lowest BCUT2D eigenvalue weighted by molar-refractivity contribution is -0.138. The van der Waals surface area contributed by atoms with Crippen molar-refractivity contribution in [2.45, 2.75) is 50.9 Å². The Morgan fingerprint density at radius 1 is 1.00 bits per heavy atom. The monoisotopic (exact) mass is 558 g/mol. The molecule has 5 nitrogen and oxygen atoms in total. The van der Waals surface area contributed by atoms with Gasteiger partial charge in [-0.1, -0.05) is 35.9 Å². The molecular weight excluding hydrogens is 527 g/mol. The van der Waals surface area contributed by atoms with Gasteiger partial charge in [-0.2, -0.15) is 0 Å². The normalized spacial score (nSPS) is 18.7. The van der Waals surface area contributed by atoms with Crippen molar-refractivity contribution in [1.29, 1.82) is 0 Å². The summed E-state index contributed by atoms with van der Waals surface area (Å²) in [6, 6.07) is 21.4. The van der Waals surface area contributed by atoms with Gasteiger partial charge in [0.05, 0.1) is 11.4 Å². The minimum atomic E-state index is -0.866. The summed E-state index contributed by atoms with van der Waals surface area (Å²) in [5, 5.41) is 13.9. The Labute approximate surface area is 238 Å². The molecule has 1 aromatic heterocycles. The molecule has 4 aromatic rings. The van der Waals surface area contributed by atoms with Crippen LogP contribution in [0.15, 0.2) is 79.0 Å². The number of nitrogens with zero attached hydrogens (tertiary/aromatic N) is 1. The number of halogens is 2. The minimum absolute atomic E-state index is 0.0369. The first kappa shape index (κ1) is 27.8. The van der Waals surface area contributed by atoms with Crippen molar-refractivity contribution >= 4 is 40.1 Å². The van der Waals surface area contributed by atoms with E-state index in [4.69, 9.17) is 11.6 Å². The van der Waals surface area contributed by atoms with E-state index in [0.717, 1.165) is 53.3 Å². The maximum absolute atomic E-state index is 14.0. The molecule has 1 unspecified atom stereocenters. The molecule has 1 aliphatic carbocycles. The molecule has 1 aliphatic rings. The van der Waals surface area contributed by atoms with Crippen molar-refractivity contribution in [3.8, 4) is 0 Å². The first-order valence-corrected chi connectivity index (χ1v) is 14.1. The number of aromatic nitrogens is 1. The van der Waals surface area contributed by atoms with Crippen LogP contribution in [0.2, 0.25) is 5.02 Å². The summed E-state index contributed by atoms with van der Waals surface area (Å²) in [4.78, 5) is 29.4. The molecule has 1 fully saturated rings. The largest absolute Gasteiger partial charge is 0.481 e. The summed E-state index contributed by atoms with van der Waals surface area (Å²) in [6.07, 6.45) is 5.90. The van der Waals surface area contributed by atoms with Crippen LogP contribution >= 0.6 is 11.6 Å². The molecule has 3 aromatic carbocycles. The standard InChI is InChI=1S/C33H32ClFN2O3/c1-20(33(39)40)22-4-2-21(3-5-22)18-29(32(38)37-27-13-10-25(34)11-14-27)24-8-6-23(7-9-24)28-16-17-36-31-15-12-26(35)19-30(28)31/h2-5,10-17,19-20,23-24,29H,6-9,18H2,1H3,(H,37,38)(H,39,40)/t20?,23-,24+,29-/m1/s1. The van der Waals surface area contributed by atoms with E-state index in [1.807, 2.05) is 30.3 Å². The van der Waals surface area contributed by atoms with E-state index in [0.29, 0.717) is 17.1 Å². The summed E-state index contributed by atoms with van der Waals surface area (Å²) in [7, 11) is 0. The molecule has 0 bridgehead atoms. The van der Waals surface area contributed by atoms with Crippen LogP contribution in [0.5, 0.6) is 0 Å². The molecule has 0 spiro atoms. The zero-order chi connectivity index (χ0) is 28.2. The maximum atomic E-state index is 14.0. The van der Waals surface area contributed by atoms with Gasteiger partial charge in [0.15, 0.2) is 0 Å². The number of hydrogen-bond acceptors (Lipinski definition) is 3. The predicted molar refractivity (Wildman–Crippen MR) is 156 cm³/mol. The molecule has 5 rings (SSSR count). The average molecular weight is 559 g/mol. The number of amides is 1. The number of fused-ring (bicyclic) bond motifs is 1. The van der Waals surface area contributed by atoms with E-state index in [1.165, 1.54) is 6.07 Å². The number of rotatable bonds is 8. The molecule has 2 atom stereocenters. The quantitative estimate of drug-likeness (QED) is 0.230. The van der Waals surface area contributed by atoms with Gasteiger partial charge in [-0.05, 0) is 116 Å². The van der Waals surface area contributed by atoms with Gasteiger partial charge in [-0.15, -0.1) is 0 Å². The van der Waals surface area contributed by atoms with Crippen molar-refractivity contribution in [1.82, 2.24) is 4.98 Å². The first-order valence-electron chi connectivity index (χ1n) is 13.7. The minimum Gasteiger partial charge on any atom is -0.481 e. The summed E-state index contributed by atoms with van der Waals surface area (Å²) in [5.41, 5.74) is 4.34. The van der Waals surface area contributed by atoms with E-state index in [9.17, 15) is 19.1 Å². The van der Waals surface area contributed by atoms with E-state index in [-0.39, 0.29) is 29.5 Å². The maximum Gasteiger partial charge on any atom is 0.310 e. The highest BCUT2D eigenvalue weighted by molar-refractivity contribution is 6.30. The lowest BCUT2D eigenvalue weighted by Gasteiger charge is -2.34. The summed E-state index contributed by atoms with van der Waals surface area (Å²) < 4.78 is 14.0. The third-order valence-electron chi connectivity index (χ3n) is 8.27. The van der Waals surface area contributed by atoms with Crippen molar-refractivity contribution in [3.63, 3.8) is 0 Å². The van der Waals surface area contributed by atoms with Crippen LogP contribution < -0.4 is 5.32 Å². The molecule has 7 heteroatoms. The zero-order valence-electron chi connectivity index (χ0n) is 22.3. The fraction of sp³-hybridized carbons (Fsp3) is 0.303. The summed E-state index contributed by atoms with van der Waals surface area (Å²) in [6.45, 7) is 1.67. The lowest BCUT2D eigenvalue weighted by atomic mass is 9.71. The van der Waals surface area contributed by atoms with Gasteiger partial charge in [0, 0.05) is 28.2 Å². The summed E-state index contributed by atoms with van der Waals surface area (Å²) in [5.74, 6) is -1.57. The second-order valence-electron chi connectivity index (χ2n) is 10.8. The van der Waals surface area contributed by atoms with Crippen molar-refractivity contribution in [2.75, 3.05) is 5.32 Å². The van der Waals surface area contributed by atoms with Crippen LogP contribution in [0.1, 0.15) is 61.1 Å². The van der Waals surface area contributed by atoms with Gasteiger partial charge in [-0.3, -0.25) is 14.6 Å². The molecule has 1 amide bonds. The average Bonchev–Trinajstić information content (AvgIpc) is 2.96. The van der Waals surface area contributed by atoms with Crippen LogP contribution in [-0.4, -0.2) is 22.0 Å². The molecule has 2 N–H and O–H groups in total. The van der Waals surface area contributed by atoms with Gasteiger partial charge in [-0.25, -0.2) is 4.39 Å². The number of carboxylic acids is 1. The van der Waals surface area contributed by atoms with Crippen LogP contribution in [0.25, 0.3) is 10.9 Å². The molecule has 40 heavy (non-hydrogen) atoms. The lowest BCUT2D eigenvalue weighted by Crippen LogP contribution is -2.33. The van der Waals surface area contributed by atoms with E-state index in [2.05, 4.69) is 10.3 Å². The Morgan fingerprint density at radius 2 is 1.70 bits per heavy atom. The van der Waals surface area contributed by atoms with Gasteiger partial charge in [0.25, 0.3) is 0 Å². The fourth-order valence-corrected chi connectivity index (χ4v) is 6.03. The molecule has 0 saturated heterocycles. The van der Waals surface area contributed by atoms with E-state index in [1.54, 1.807) is 49.5 Å². The fourth-order valence-electron chi connectivity index (χ4n) is 5.91. The van der Waals surface area contributed by atoms with Gasteiger partial charge >= 0.3 is 5.97 Å². The van der Waals surface area contributed by atoms with Crippen LogP contribution in [0.3, 0.4) is 0 Å². The third kappa shape index (κ3) is 6.34. The summed E-state index contributed by atoms with van der Waals surface area (Å²) >= 11 is 6.03. The molecule has 206 valence electrons. The first-order chi connectivity index (χ1) is 19.3. The Kier molecular flexibility index (Phi) is 8.46. The molecule has 0 aliphatic heterocycles. The highest BCUT2D eigenvalue weighted by Gasteiger charge is 2.33.